The summed E-state index contributed by atoms with van der Waals surface area (Å²) in [6.45, 7) is 17.3. The number of hydrogen-bond donors (Lipinski definition) is 2. The van der Waals surface area contributed by atoms with Crippen LogP contribution in [0.25, 0.3) is 21.8 Å². The van der Waals surface area contributed by atoms with E-state index in [-0.39, 0.29) is 11.6 Å². The van der Waals surface area contributed by atoms with Crippen molar-refractivity contribution in [2.45, 2.75) is 45.8 Å². The van der Waals surface area contributed by atoms with Crippen LogP contribution in [0.4, 0.5) is 0 Å². The molecule has 46 heavy (non-hydrogen) atoms. The topological polar surface area (TPSA) is 121 Å². The van der Waals surface area contributed by atoms with Crippen LogP contribution in [0.5, 0.6) is 23.3 Å². The molecule has 0 aliphatic rings. The first kappa shape index (κ1) is 35.7. The fraction of sp³-hybridized carbons (Fsp3) is 0.371. The van der Waals surface area contributed by atoms with Crippen molar-refractivity contribution in [3.8, 4) is 34.7 Å². The van der Waals surface area contributed by atoms with Crippen LogP contribution in [-0.2, 0) is 9.47 Å². The van der Waals surface area contributed by atoms with E-state index in [0.29, 0.717) is 51.8 Å². The maximum atomic E-state index is 12.2. The van der Waals surface area contributed by atoms with Gasteiger partial charge in [-0.2, -0.15) is 0 Å². The second-order valence-electron chi connectivity index (χ2n) is 12.2. The number of carbonyl (C=O) groups is 2. The molecule has 0 saturated carbocycles. The lowest BCUT2D eigenvalue weighted by Gasteiger charge is -2.31. The zero-order valence-electron chi connectivity index (χ0n) is 28.4. The van der Waals surface area contributed by atoms with Crippen LogP contribution < -0.4 is 18.9 Å². The fourth-order valence-corrected chi connectivity index (χ4v) is 5.01. The summed E-state index contributed by atoms with van der Waals surface area (Å²) in [5.74, 6) is 4.27. The van der Waals surface area contributed by atoms with Crippen molar-refractivity contribution >= 4 is 41.8 Å². The highest BCUT2D eigenvalue weighted by atomic mass is 28.3. The summed E-state index contributed by atoms with van der Waals surface area (Å²) in [7, 11) is 4.15. The summed E-state index contributed by atoms with van der Waals surface area (Å²) in [6.07, 6.45) is 0. The van der Waals surface area contributed by atoms with E-state index in [9.17, 15) is 9.59 Å². The van der Waals surface area contributed by atoms with E-state index in [4.69, 9.17) is 28.4 Å². The number of ether oxygens (including phenoxy) is 6. The lowest BCUT2D eigenvalue weighted by molar-refractivity contribution is 0.0589. The van der Waals surface area contributed by atoms with Crippen LogP contribution in [0.2, 0.25) is 18.1 Å². The first-order valence-corrected chi connectivity index (χ1v) is 17.6. The van der Waals surface area contributed by atoms with E-state index in [0.717, 1.165) is 16.6 Å². The highest BCUT2D eigenvalue weighted by Crippen LogP contribution is 2.35. The van der Waals surface area contributed by atoms with Gasteiger partial charge in [0, 0.05) is 21.8 Å². The molecule has 0 unspecified atom stereocenters. The Morgan fingerprint density at radius 1 is 0.804 bits per heavy atom. The predicted molar refractivity (Wildman–Crippen MR) is 183 cm³/mol. The Morgan fingerprint density at radius 2 is 1.26 bits per heavy atom. The highest BCUT2D eigenvalue weighted by molar-refractivity contribution is 6.87. The Bertz CT molecular complexity index is 1780. The number of aromatic nitrogens is 2. The molecule has 10 nitrogen and oxygen atoms in total. The summed E-state index contributed by atoms with van der Waals surface area (Å²) in [6, 6.07) is 10.9. The highest BCUT2D eigenvalue weighted by Gasteiger charge is 2.33. The Morgan fingerprint density at radius 3 is 1.65 bits per heavy atom. The van der Waals surface area contributed by atoms with Crippen LogP contribution >= 0.6 is 0 Å². The third-order valence-corrected chi connectivity index (χ3v) is 12.3. The largest absolute Gasteiger partial charge is 0.497 e. The minimum absolute atomic E-state index is 0.189. The Labute approximate surface area is 271 Å². The third kappa shape index (κ3) is 8.25. The van der Waals surface area contributed by atoms with Gasteiger partial charge in [0.1, 0.15) is 43.9 Å². The molecule has 0 saturated heterocycles. The number of rotatable bonds is 9. The smallest absolute Gasteiger partial charge is 0.344 e. The zero-order valence-corrected chi connectivity index (χ0v) is 29.4. The van der Waals surface area contributed by atoms with Crippen LogP contribution in [0.1, 0.15) is 48.4 Å². The molecule has 0 atom stereocenters. The molecule has 246 valence electrons. The van der Waals surface area contributed by atoms with Crippen LogP contribution in [0.15, 0.2) is 48.6 Å². The fourth-order valence-electron chi connectivity index (χ4n) is 4.12. The molecule has 2 aromatic carbocycles. The van der Waals surface area contributed by atoms with E-state index in [1.165, 1.54) is 14.2 Å². The number of benzene rings is 2. The van der Waals surface area contributed by atoms with E-state index < -0.39 is 20.0 Å². The molecule has 4 rings (SSSR count). The molecule has 0 amide bonds. The van der Waals surface area contributed by atoms with Gasteiger partial charge in [-0.05, 0) is 53.9 Å². The number of fused-ring (bicyclic) bond motifs is 2. The van der Waals surface area contributed by atoms with Gasteiger partial charge in [-0.25, -0.2) is 9.59 Å². The standard InChI is InChI=1S/C20H27NO4Si.C15H17NO4/c1-20(2,3)26(6,7)12-8-11-25-18-17(19(22)24-5)15-13-14(23-4)9-10-16(15)21-18;1-9(2)8-20-14-13(15(17)19-4)11-7-10(18-3)5-6-12(11)16-14/h9-10,13,21H,11H2,1-7H3;5-7,16H,1,8H2,2-4H3. The Balaban J connectivity index is 0.000000259. The Kier molecular flexibility index (Phi) is 11.6. The van der Waals surface area contributed by atoms with Crippen LogP contribution in [0.3, 0.4) is 0 Å². The van der Waals surface area contributed by atoms with Crippen LogP contribution in [0, 0.1) is 11.5 Å². The number of carbonyl (C=O) groups excluding carboxylic acids is 2. The average molecular weight is 649 g/mol. The van der Waals surface area contributed by atoms with Crippen LogP contribution in [-0.4, -0.2) is 71.6 Å². The molecular formula is C35H44N2O8Si. The second kappa shape index (κ2) is 15.0. The number of H-pyrrole nitrogens is 2. The average Bonchev–Trinajstić information content (AvgIpc) is 3.57. The maximum Gasteiger partial charge on any atom is 0.344 e. The number of aromatic amines is 2. The van der Waals surface area contributed by atoms with E-state index >= 15 is 0 Å². The first-order valence-electron chi connectivity index (χ1n) is 14.6. The summed E-state index contributed by atoms with van der Waals surface area (Å²) >= 11 is 0. The third-order valence-electron chi connectivity index (χ3n) is 7.75. The summed E-state index contributed by atoms with van der Waals surface area (Å²) in [5, 5.41) is 1.59. The lowest BCUT2D eigenvalue weighted by atomic mass is 10.1. The van der Waals surface area contributed by atoms with Gasteiger partial charge in [0.2, 0.25) is 11.8 Å². The molecule has 2 heterocycles. The van der Waals surface area contributed by atoms with Crippen molar-refractivity contribution < 1.29 is 38.0 Å². The number of hydrogen-bond acceptors (Lipinski definition) is 8. The van der Waals surface area contributed by atoms with Crippen molar-refractivity contribution in [2.75, 3.05) is 41.7 Å². The lowest BCUT2D eigenvalue weighted by Crippen LogP contribution is -2.35. The van der Waals surface area contributed by atoms with E-state index in [1.54, 1.807) is 26.4 Å². The van der Waals surface area contributed by atoms with Gasteiger partial charge in [0.15, 0.2) is 0 Å². The zero-order chi connectivity index (χ0) is 34.2. The molecule has 2 aromatic heterocycles. The molecule has 0 radical (unpaired) electrons. The van der Waals surface area contributed by atoms with Crippen molar-refractivity contribution in [3.63, 3.8) is 0 Å². The number of esters is 2. The quantitative estimate of drug-likeness (QED) is 0.0839. The SMILES string of the molecule is C=C(C)COc1[nH]c2ccc(OC)cc2c1C(=O)OC.COC(=O)c1c(OCC#C[Si](C)(C)C(C)(C)C)[nH]c2ccc(OC)cc12. The normalized spacial score (nSPS) is 11.1. The van der Waals surface area contributed by atoms with Gasteiger partial charge in [-0.1, -0.05) is 46.4 Å². The van der Waals surface area contributed by atoms with Crippen molar-refractivity contribution in [3.05, 3.63) is 59.7 Å². The minimum Gasteiger partial charge on any atom is -0.497 e. The minimum atomic E-state index is -1.69. The molecule has 0 aliphatic heterocycles. The van der Waals surface area contributed by atoms with Crippen molar-refractivity contribution in [1.29, 1.82) is 0 Å². The van der Waals surface area contributed by atoms with Crippen molar-refractivity contribution in [1.82, 2.24) is 9.97 Å². The molecule has 2 N–H and O–H groups in total. The van der Waals surface area contributed by atoms with Crippen molar-refractivity contribution in [2.24, 2.45) is 0 Å². The van der Waals surface area contributed by atoms with Gasteiger partial charge in [-0.15, -0.1) is 5.54 Å². The summed E-state index contributed by atoms with van der Waals surface area (Å²) < 4.78 is 31.5. The molecule has 0 spiro atoms. The Hall–Kier alpha value is -4.82. The van der Waals surface area contributed by atoms with E-state index in [1.807, 2.05) is 31.2 Å². The molecule has 11 heteroatoms. The van der Waals surface area contributed by atoms with Gasteiger partial charge in [-0.3, -0.25) is 0 Å². The number of nitrogens with one attached hydrogen (secondary N) is 2. The number of methoxy groups -OCH3 is 4. The predicted octanol–water partition coefficient (Wildman–Crippen LogP) is 7.31. The maximum absolute atomic E-state index is 12.2. The molecule has 0 aliphatic carbocycles. The second-order valence-corrected chi connectivity index (χ2v) is 17.2. The van der Waals surface area contributed by atoms with Gasteiger partial charge in [0.05, 0.1) is 28.4 Å². The molecule has 0 bridgehead atoms. The molecule has 4 aromatic rings. The van der Waals surface area contributed by atoms with Gasteiger partial charge < -0.3 is 38.4 Å². The first-order chi connectivity index (χ1) is 21.7. The van der Waals surface area contributed by atoms with Gasteiger partial charge >= 0.3 is 11.9 Å². The molecule has 0 fully saturated rings. The summed E-state index contributed by atoms with van der Waals surface area (Å²) in [5.41, 5.74) is 6.53. The van der Waals surface area contributed by atoms with Gasteiger partial charge in [0.25, 0.3) is 0 Å². The summed E-state index contributed by atoms with van der Waals surface area (Å²) in [4.78, 5) is 30.4. The van der Waals surface area contributed by atoms with E-state index in [2.05, 4.69) is 61.9 Å². The molecular weight excluding hydrogens is 604 g/mol. The monoisotopic (exact) mass is 648 g/mol.